The summed E-state index contributed by atoms with van der Waals surface area (Å²) in [6.07, 6.45) is 0.512. The van der Waals surface area contributed by atoms with E-state index in [0.717, 1.165) is 20.8 Å². The van der Waals surface area contributed by atoms with Crippen LogP contribution in [0.4, 0.5) is 0 Å². The average Bonchev–Trinajstić information content (AvgIpc) is 3.33. The van der Waals surface area contributed by atoms with Crippen LogP contribution in [0.15, 0.2) is 58.9 Å². The first-order valence-electron chi connectivity index (χ1n) is 9.01. The van der Waals surface area contributed by atoms with Gasteiger partial charge < -0.3 is 4.90 Å². The highest BCUT2D eigenvalue weighted by molar-refractivity contribution is 7.99. The number of aromatic nitrogens is 1. The van der Waals surface area contributed by atoms with E-state index in [9.17, 15) is 13.2 Å². The van der Waals surface area contributed by atoms with Crippen molar-refractivity contribution in [3.8, 4) is 0 Å². The number of amides is 1. The zero-order valence-corrected chi connectivity index (χ0v) is 17.6. The summed E-state index contributed by atoms with van der Waals surface area (Å²) in [5, 5.41) is 3.83. The molecule has 0 bridgehead atoms. The van der Waals surface area contributed by atoms with Gasteiger partial charge in [0.2, 0.25) is 5.91 Å². The van der Waals surface area contributed by atoms with Crippen LogP contribution in [0.5, 0.6) is 0 Å². The first kappa shape index (κ1) is 19.4. The van der Waals surface area contributed by atoms with Gasteiger partial charge in [0.1, 0.15) is 0 Å². The topological polar surface area (TPSA) is 67.3 Å². The van der Waals surface area contributed by atoms with Crippen LogP contribution < -0.4 is 0 Å². The molecule has 1 fully saturated rings. The Kier molecular flexibility index (Phi) is 5.70. The van der Waals surface area contributed by atoms with Gasteiger partial charge in [-0.2, -0.15) is 0 Å². The molecule has 0 unspecified atom stereocenters. The van der Waals surface area contributed by atoms with Crippen molar-refractivity contribution >= 4 is 49.7 Å². The maximum Gasteiger partial charge on any atom is 0.233 e. The van der Waals surface area contributed by atoms with Gasteiger partial charge in [-0.05, 0) is 30.0 Å². The van der Waals surface area contributed by atoms with Crippen LogP contribution in [-0.4, -0.2) is 47.5 Å². The molecule has 4 rings (SSSR count). The Hall–Kier alpha value is -1.90. The SMILES string of the molecule is O=C(CSc1ccc2ccccc2n1)N(Cc1cccs1)[C@@H]1CCS(=O)(=O)C1. The van der Waals surface area contributed by atoms with E-state index < -0.39 is 9.84 Å². The van der Waals surface area contributed by atoms with E-state index in [1.54, 1.807) is 16.2 Å². The third kappa shape index (κ3) is 4.56. The van der Waals surface area contributed by atoms with Crippen LogP contribution in [-0.2, 0) is 21.2 Å². The fraction of sp³-hybridized carbons (Fsp3) is 0.300. The van der Waals surface area contributed by atoms with Crippen molar-refractivity contribution < 1.29 is 13.2 Å². The number of hydrogen-bond donors (Lipinski definition) is 0. The number of thiophene rings is 1. The molecule has 3 aromatic rings. The predicted molar refractivity (Wildman–Crippen MR) is 114 cm³/mol. The van der Waals surface area contributed by atoms with Gasteiger partial charge >= 0.3 is 0 Å². The van der Waals surface area contributed by atoms with E-state index in [-0.39, 0.29) is 29.2 Å². The normalized spacial score (nSPS) is 18.4. The second-order valence-electron chi connectivity index (χ2n) is 6.79. The Morgan fingerprint density at radius 2 is 2.04 bits per heavy atom. The van der Waals surface area contributed by atoms with Crippen molar-refractivity contribution in [3.05, 3.63) is 58.8 Å². The molecule has 2 aromatic heterocycles. The molecule has 8 heteroatoms. The van der Waals surface area contributed by atoms with E-state index in [1.807, 2.05) is 53.9 Å². The van der Waals surface area contributed by atoms with Crippen molar-refractivity contribution in [1.82, 2.24) is 9.88 Å². The Morgan fingerprint density at radius 3 is 2.79 bits per heavy atom. The molecule has 1 aliphatic rings. The van der Waals surface area contributed by atoms with E-state index >= 15 is 0 Å². The minimum atomic E-state index is -3.05. The molecule has 0 N–H and O–H groups in total. The lowest BCUT2D eigenvalue weighted by atomic mass is 10.2. The molecule has 0 saturated carbocycles. The van der Waals surface area contributed by atoms with Gasteiger partial charge in [-0.3, -0.25) is 4.79 Å². The van der Waals surface area contributed by atoms with Crippen LogP contribution in [0, 0.1) is 0 Å². The lowest BCUT2D eigenvalue weighted by Gasteiger charge is -2.27. The van der Waals surface area contributed by atoms with Crippen LogP contribution in [0.1, 0.15) is 11.3 Å². The fourth-order valence-electron chi connectivity index (χ4n) is 3.36. The number of carbonyl (C=O) groups excluding carboxylic acids is 1. The third-order valence-electron chi connectivity index (χ3n) is 4.79. The number of pyridine rings is 1. The average molecular weight is 433 g/mol. The molecular formula is C20H20N2O3S3. The molecule has 0 radical (unpaired) electrons. The van der Waals surface area contributed by atoms with Gasteiger partial charge in [-0.1, -0.05) is 42.1 Å². The zero-order valence-electron chi connectivity index (χ0n) is 15.2. The molecular weight excluding hydrogens is 412 g/mol. The minimum Gasteiger partial charge on any atom is -0.333 e. The first-order valence-corrected chi connectivity index (χ1v) is 12.7. The molecule has 28 heavy (non-hydrogen) atoms. The first-order chi connectivity index (χ1) is 13.5. The van der Waals surface area contributed by atoms with Gasteiger partial charge in [0.25, 0.3) is 0 Å². The van der Waals surface area contributed by atoms with Crippen LogP contribution >= 0.6 is 23.1 Å². The Balaban J connectivity index is 1.48. The largest absolute Gasteiger partial charge is 0.333 e. The molecule has 146 valence electrons. The maximum atomic E-state index is 13.0. The summed E-state index contributed by atoms with van der Waals surface area (Å²) < 4.78 is 23.8. The van der Waals surface area contributed by atoms with Gasteiger partial charge in [0.05, 0.1) is 34.3 Å². The molecule has 1 atom stereocenters. The highest BCUT2D eigenvalue weighted by Gasteiger charge is 2.34. The van der Waals surface area contributed by atoms with Crippen molar-refractivity contribution in [2.45, 2.75) is 24.0 Å². The molecule has 3 heterocycles. The molecule has 5 nitrogen and oxygen atoms in total. The van der Waals surface area contributed by atoms with Gasteiger partial charge in [0, 0.05) is 16.3 Å². The number of carbonyl (C=O) groups is 1. The Bertz CT molecular complexity index is 1080. The molecule has 1 amide bonds. The molecule has 0 aliphatic carbocycles. The fourth-order valence-corrected chi connectivity index (χ4v) is 6.56. The highest BCUT2D eigenvalue weighted by atomic mass is 32.2. The standard InChI is InChI=1S/C20H20N2O3S3/c23-20(13-27-19-8-7-15-4-1-2-6-18(15)21-19)22(12-17-5-3-10-26-17)16-9-11-28(24,25)14-16/h1-8,10,16H,9,11-14H2/t16-/m1/s1. The zero-order chi connectivity index (χ0) is 19.6. The number of hydrogen-bond acceptors (Lipinski definition) is 6. The Morgan fingerprint density at radius 1 is 1.18 bits per heavy atom. The van der Waals surface area contributed by atoms with Crippen LogP contribution in [0.25, 0.3) is 10.9 Å². The summed E-state index contributed by atoms with van der Waals surface area (Å²) in [5.41, 5.74) is 0.900. The van der Waals surface area contributed by atoms with Crippen molar-refractivity contribution in [3.63, 3.8) is 0 Å². The number of benzene rings is 1. The van der Waals surface area contributed by atoms with E-state index in [4.69, 9.17) is 0 Å². The number of sulfone groups is 1. The Labute approximate surface area is 172 Å². The molecule has 1 aromatic carbocycles. The maximum absolute atomic E-state index is 13.0. The van der Waals surface area contributed by atoms with Gasteiger partial charge in [0.15, 0.2) is 9.84 Å². The second-order valence-corrected chi connectivity index (χ2v) is 11.0. The highest BCUT2D eigenvalue weighted by Crippen LogP contribution is 2.25. The minimum absolute atomic E-state index is 0.0459. The van der Waals surface area contributed by atoms with Crippen molar-refractivity contribution in [2.24, 2.45) is 0 Å². The number of nitrogens with zero attached hydrogens (tertiary/aromatic N) is 2. The quantitative estimate of drug-likeness (QED) is 0.557. The van der Waals surface area contributed by atoms with Crippen LogP contribution in [0.2, 0.25) is 0 Å². The third-order valence-corrected chi connectivity index (χ3v) is 8.32. The summed E-state index contributed by atoms with van der Waals surface area (Å²) in [6.45, 7) is 0.461. The molecule has 0 spiro atoms. The lowest BCUT2D eigenvalue weighted by molar-refractivity contribution is -0.130. The number of rotatable bonds is 6. The lowest BCUT2D eigenvalue weighted by Crippen LogP contribution is -2.41. The van der Waals surface area contributed by atoms with Gasteiger partial charge in [-0.25, -0.2) is 13.4 Å². The van der Waals surface area contributed by atoms with E-state index in [0.29, 0.717) is 13.0 Å². The number of thioether (sulfide) groups is 1. The number of fused-ring (bicyclic) bond motifs is 1. The summed E-state index contributed by atoms with van der Waals surface area (Å²) in [5.74, 6) is 0.414. The van der Waals surface area contributed by atoms with Gasteiger partial charge in [-0.15, -0.1) is 11.3 Å². The summed E-state index contributed by atoms with van der Waals surface area (Å²) >= 11 is 2.98. The van der Waals surface area contributed by atoms with E-state index in [2.05, 4.69) is 4.98 Å². The van der Waals surface area contributed by atoms with E-state index in [1.165, 1.54) is 11.8 Å². The van der Waals surface area contributed by atoms with Crippen molar-refractivity contribution in [2.75, 3.05) is 17.3 Å². The second kappa shape index (κ2) is 8.23. The van der Waals surface area contributed by atoms with Crippen LogP contribution in [0.3, 0.4) is 0 Å². The van der Waals surface area contributed by atoms with Crippen molar-refractivity contribution in [1.29, 1.82) is 0 Å². The monoisotopic (exact) mass is 432 g/mol. The summed E-state index contributed by atoms with van der Waals surface area (Å²) in [6, 6.07) is 15.5. The summed E-state index contributed by atoms with van der Waals surface area (Å²) in [4.78, 5) is 20.4. The molecule has 1 saturated heterocycles. The molecule has 1 aliphatic heterocycles. The summed E-state index contributed by atoms with van der Waals surface area (Å²) in [7, 11) is -3.05. The smallest absolute Gasteiger partial charge is 0.233 e. The predicted octanol–water partition coefficient (Wildman–Crippen LogP) is 3.60. The number of para-hydroxylation sites is 1.